The molecule has 2 amide bonds. The molecule has 6 nitrogen and oxygen atoms in total. The number of carbonyl (C=O) groups excluding carboxylic acids is 2. The summed E-state index contributed by atoms with van der Waals surface area (Å²) in [5, 5.41) is 6.48. The summed E-state index contributed by atoms with van der Waals surface area (Å²) in [6, 6.07) is 23.3. The summed E-state index contributed by atoms with van der Waals surface area (Å²) in [4.78, 5) is 29.3. The normalized spacial score (nSPS) is 11.6. The molecule has 0 saturated heterocycles. The molecular formula is C26H22ClN3O3. The minimum absolute atomic E-state index is 0.0892. The molecule has 2 N–H and O–H groups in total. The number of nitrogens with zero attached hydrogens (tertiary/aromatic N) is 1. The van der Waals surface area contributed by atoms with E-state index in [4.69, 9.17) is 16.0 Å². The third-order valence-corrected chi connectivity index (χ3v) is 5.29. The highest BCUT2D eigenvalue weighted by atomic mass is 35.5. The fourth-order valence-corrected chi connectivity index (χ4v) is 3.46. The number of amides is 2. The second-order valence-corrected chi connectivity index (χ2v) is 8.00. The lowest BCUT2D eigenvalue weighted by molar-refractivity contribution is -0.121. The van der Waals surface area contributed by atoms with E-state index < -0.39 is 0 Å². The lowest BCUT2D eigenvalue weighted by Crippen LogP contribution is -2.28. The van der Waals surface area contributed by atoms with Gasteiger partial charge in [-0.2, -0.15) is 0 Å². The van der Waals surface area contributed by atoms with Gasteiger partial charge in [0.25, 0.3) is 5.91 Å². The van der Waals surface area contributed by atoms with Gasteiger partial charge in [0.2, 0.25) is 11.8 Å². The number of carbonyl (C=O) groups is 2. The molecule has 33 heavy (non-hydrogen) atoms. The van der Waals surface area contributed by atoms with E-state index in [0.717, 1.165) is 11.1 Å². The predicted molar refractivity (Wildman–Crippen MR) is 128 cm³/mol. The van der Waals surface area contributed by atoms with Gasteiger partial charge in [0.15, 0.2) is 0 Å². The van der Waals surface area contributed by atoms with E-state index in [2.05, 4.69) is 15.6 Å². The van der Waals surface area contributed by atoms with E-state index in [-0.39, 0.29) is 24.3 Å². The van der Waals surface area contributed by atoms with Gasteiger partial charge in [-0.3, -0.25) is 9.59 Å². The number of oxazole rings is 1. The Kier molecular flexibility index (Phi) is 6.86. The molecule has 0 saturated carbocycles. The number of hydrogen-bond donors (Lipinski definition) is 2. The number of rotatable bonds is 7. The van der Waals surface area contributed by atoms with Gasteiger partial charge in [-0.25, -0.2) is 4.98 Å². The molecule has 1 heterocycles. The molecule has 3 aromatic carbocycles. The third kappa shape index (κ3) is 5.87. The Hall–Kier alpha value is -3.90. The lowest BCUT2D eigenvalue weighted by Gasteiger charge is -2.15. The quantitative estimate of drug-likeness (QED) is 0.373. The number of halogens is 1. The van der Waals surface area contributed by atoms with Gasteiger partial charge in [0, 0.05) is 21.8 Å². The van der Waals surface area contributed by atoms with Crippen molar-refractivity contribution in [1.82, 2.24) is 10.3 Å². The van der Waals surface area contributed by atoms with Crippen LogP contribution in [0.3, 0.4) is 0 Å². The first-order chi connectivity index (χ1) is 16.0. The molecule has 4 aromatic rings. The highest BCUT2D eigenvalue weighted by molar-refractivity contribution is 6.30. The monoisotopic (exact) mass is 459 g/mol. The van der Waals surface area contributed by atoms with Crippen molar-refractivity contribution in [2.75, 3.05) is 5.32 Å². The minimum atomic E-state index is -0.256. The van der Waals surface area contributed by atoms with Crippen molar-refractivity contribution in [3.05, 3.63) is 107 Å². The summed E-state index contributed by atoms with van der Waals surface area (Å²) in [7, 11) is 0. The zero-order valence-corrected chi connectivity index (χ0v) is 18.7. The van der Waals surface area contributed by atoms with Crippen molar-refractivity contribution in [2.45, 2.75) is 19.4 Å². The molecule has 1 atom stereocenters. The van der Waals surface area contributed by atoms with Gasteiger partial charge in [-0.05, 0) is 61.0 Å². The zero-order chi connectivity index (χ0) is 23.2. The van der Waals surface area contributed by atoms with Gasteiger partial charge >= 0.3 is 0 Å². The van der Waals surface area contributed by atoms with Crippen molar-refractivity contribution in [1.29, 1.82) is 0 Å². The van der Waals surface area contributed by atoms with E-state index in [1.807, 2.05) is 61.5 Å². The van der Waals surface area contributed by atoms with Crippen molar-refractivity contribution < 1.29 is 14.0 Å². The first-order valence-electron chi connectivity index (χ1n) is 10.4. The van der Waals surface area contributed by atoms with Gasteiger partial charge in [0.1, 0.15) is 6.26 Å². The fourth-order valence-electron chi connectivity index (χ4n) is 3.33. The van der Waals surface area contributed by atoms with Crippen LogP contribution in [0.2, 0.25) is 5.02 Å². The van der Waals surface area contributed by atoms with E-state index in [0.29, 0.717) is 27.9 Å². The summed E-state index contributed by atoms with van der Waals surface area (Å²) >= 11 is 5.91. The first kappa shape index (κ1) is 22.3. The third-order valence-electron chi connectivity index (χ3n) is 5.04. The van der Waals surface area contributed by atoms with Crippen LogP contribution in [-0.2, 0) is 11.2 Å². The average Bonchev–Trinajstić information content (AvgIpc) is 3.28. The maximum atomic E-state index is 12.6. The summed E-state index contributed by atoms with van der Waals surface area (Å²) in [5.74, 6) is 0.0634. The molecule has 7 heteroatoms. The number of benzene rings is 3. The van der Waals surface area contributed by atoms with Crippen molar-refractivity contribution in [2.24, 2.45) is 0 Å². The van der Waals surface area contributed by atoms with E-state index in [9.17, 15) is 9.59 Å². The number of nitrogens with one attached hydrogen (secondary N) is 2. The van der Waals surface area contributed by atoms with Crippen LogP contribution in [0.1, 0.15) is 34.6 Å². The summed E-state index contributed by atoms with van der Waals surface area (Å²) in [5.41, 5.74) is 3.43. The van der Waals surface area contributed by atoms with Crippen molar-refractivity contribution in [3.8, 4) is 11.5 Å². The van der Waals surface area contributed by atoms with Crippen LogP contribution in [0.4, 0.5) is 5.69 Å². The van der Waals surface area contributed by atoms with E-state index in [1.54, 1.807) is 24.3 Å². The Bertz CT molecular complexity index is 1250. The molecule has 0 bridgehead atoms. The summed E-state index contributed by atoms with van der Waals surface area (Å²) in [6.45, 7) is 1.89. The molecule has 4 rings (SSSR count). The molecule has 0 fully saturated rings. The zero-order valence-electron chi connectivity index (χ0n) is 17.9. The molecule has 0 radical (unpaired) electrons. The Morgan fingerprint density at radius 2 is 1.76 bits per heavy atom. The number of aromatic nitrogens is 1. The van der Waals surface area contributed by atoms with Crippen LogP contribution >= 0.6 is 11.6 Å². The Morgan fingerprint density at radius 1 is 1.00 bits per heavy atom. The Balaban J connectivity index is 1.36. The van der Waals surface area contributed by atoms with Crippen LogP contribution in [0.25, 0.3) is 11.5 Å². The smallest absolute Gasteiger partial charge is 0.255 e. The maximum absolute atomic E-state index is 12.6. The predicted octanol–water partition coefficient (Wildman–Crippen LogP) is 5.67. The Labute approximate surface area is 196 Å². The second kappa shape index (κ2) is 10.1. The van der Waals surface area contributed by atoms with Crippen LogP contribution in [0.5, 0.6) is 0 Å². The largest absolute Gasteiger partial charge is 0.444 e. The van der Waals surface area contributed by atoms with Gasteiger partial charge < -0.3 is 15.1 Å². The molecule has 0 aliphatic carbocycles. The number of hydrogen-bond acceptors (Lipinski definition) is 4. The van der Waals surface area contributed by atoms with E-state index in [1.165, 1.54) is 6.26 Å². The van der Waals surface area contributed by atoms with Crippen molar-refractivity contribution >= 4 is 29.1 Å². The molecule has 0 aliphatic heterocycles. The standard InChI is InChI=1S/C26H22ClN3O3/c1-17(20-8-5-9-22(14-20)29-25(32)18-6-3-2-4-7-18)28-24(31)15-23-16-33-26(30-23)19-10-12-21(27)13-11-19/h2-14,16-17H,15H2,1H3,(H,28,31)(H,29,32). The van der Waals surface area contributed by atoms with Crippen molar-refractivity contribution in [3.63, 3.8) is 0 Å². The SMILES string of the molecule is CC(NC(=O)Cc1coc(-c2ccc(Cl)cc2)n1)c1cccc(NC(=O)c2ccccc2)c1. The van der Waals surface area contributed by atoms with Crippen LogP contribution in [-0.4, -0.2) is 16.8 Å². The van der Waals surface area contributed by atoms with Gasteiger partial charge in [-0.1, -0.05) is 41.9 Å². The first-order valence-corrected chi connectivity index (χ1v) is 10.8. The fraction of sp³-hybridized carbons (Fsp3) is 0.115. The van der Waals surface area contributed by atoms with Gasteiger partial charge in [-0.15, -0.1) is 0 Å². The lowest BCUT2D eigenvalue weighted by atomic mass is 10.1. The Morgan fingerprint density at radius 3 is 2.52 bits per heavy atom. The maximum Gasteiger partial charge on any atom is 0.255 e. The summed E-state index contributed by atoms with van der Waals surface area (Å²) in [6.07, 6.45) is 1.57. The highest BCUT2D eigenvalue weighted by Crippen LogP contribution is 2.22. The molecule has 166 valence electrons. The van der Waals surface area contributed by atoms with E-state index >= 15 is 0 Å². The molecule has 0 spiro atoms. The average molecular weight is 460 g/mol. The summed E-state index contributed by atoms with van der Waals surface area (Å²) < 4.78 is 5.50. The van der Waals surface area contributed by atoms with Gasteiger partial charge in [0.05, 0.1) is 18.2 Å². The van der Waals surface area contributed by atoms with Crippen LogP contribution in [0.15, 0.2) is 89.5 Å². The number of anilines is 1. The second-order valence-electron chi connectivity index (χ2n) is 7.56. The molecule has 1 aromatic heterocycles. The minimum Gasteiger partial charge on any atom is -0.444 e. The molecule has 0 aliphatic rings. The molecule has 1 unspecified atom stereocenters. The van der Waals surface area contributed by atoms with Crippen LogP contribution < -0.4 is 10.6 Å². The highest BCUT2D eigenvalue weighted by Gasteiger charge is 2.14. The topological polar surface area (TPSA) is 84.2 Å². The van der Waals surface area contributed by atoms with Crippen LogP contribution in [0, 0.1) is 0 Å². The molecular weight excluding hydrogens is 438 g/mol.